The first-order valence-corrected chi connectivity index (χ1v) is 5.65. The van der Waals surface area contributed by atoms with E-state index in [1.807, 2.05) is 24.3 Å². The van der Waals surface area contributed by atoms with Crippen molar-refractivity contribution in [2.24, 2.45) is 0 Å². The van der Waals surface area contributed by atoms with Crippen LogP contribution in [0.2, 0.25) is 0 Å². The molecule has 0 saturated carbocycles. The lowest BCUT2D eigenvalue weighted by Gasteiger charge is -2.07. The quantitative estimate of drug-likeness (QED) is 0.767. The van der Waals surface area contributed by atoms with Gasteiger partial charge in [-0.3, -0.25) is 4.79 Å². The van der Waals surface area contributed by atoms with Crippen LogP contribution in [0.15, 0.2) is 24.3 Å². The Kier molecular flexibility index (Phi) is 3.27. The third-order valence-corrected chi connectivity index (χ3v) is 2.63. The van der Waals surface area contributed by atoms with Crippen LogP contribution >= 0.6 is 0 Å². The first-order valence-electron chi connectivity index (χ1n) is 5.65. The van der Waals surface area contributed by atoms with Gasteiger partial charge in [-0.15, -0.1) is 10.2 Å². The number of anilines is 2. The maximum Gasteiger partial charge on any atom is 0.280 e. The van der Waals surface area contributed by atoms with Gasteiger partial charge in [0.1, 0.15) is 0 Å². The number of aromatic amines is 1. The first-order chi connectivity index (χ1) is 8.58. The van der Waals surface area contributed by atoms with Crippen LogP contribution in [-0.2, 0) is 0 Å². The second-order valence-corrected chi connectivity index (χ2v) is 4.29. The summed E-state index contributed by atoms with van der Waals surface area (Å²) < 4.78 is 0. The fourth-order valence-electron chi connectivity index (χ4n) is 1.55. The summed E-state index contributed by atoms with van der Waals surface area (Å²) >= 11 is 0. The third-order valence-electron chi connectivity index (χ3n) is 2.63. The molecular weight excluding hydrogens is 230 g/mol. The molecule has 0 bridgehead atoms. The van der Waals surface area contributed by atoms with Gasteiger partial charge in [0.2, 0.25) is 0 Å². The molecule has 0 aliphatic carbocycles. The highest BCUT2D eigenvalue weighted by atomic mass is 16.2. The topological polar surface area (TPSA) is 96.7 Å². The van der Waals surface area contributed by atoms with Crippen LogP contribution in [-0.4, -0.2) is 21.3 Å². The average Bonchev–Trinajstić information content (AvgIpc) is 2.76. The van der Waals surface area contributed by atoms with E-state index >= 15 is 0 Å². The molecule has 0 spiro atoms. The van der Waals surface area contributed by atoms with E-state index in [4.69, 9.17) is 5.73 Å². The minimum absolute atomic E-state index is 0.0892. The highest BCUT2D eigenvalue weighted by molar-refractivity contribution is 6.05. The number of carbonyl (C=O) groups is 1. The second kappa shape index (κ2) is 4.87. The molecule has 2 rings (SSSR count). The van der Waals surface area contributed by atoms with Crippen molar-refractivity contribution >= 4 is 17.4 Å². The Hall–Kier alpha value is -2.37. The van der Waals surface area contributed by atoms with E-state index in [1.165, 1.54) is 5.56 Å². The Morgan fingerprint density at radius 1 is 1.28 bits per heavy atom. The van der Waals surface area contributed by atoms with E-state index < -0.39 is 0 Å². The molecule has 0 aliphatic rings. The summed E-state index contributed by atoms with van der Waals surface area (Å²) in [6, 6.07) is 7.66. The van der Waals surface area contributed by atoms with Gasteiger partial charge in [-0.05, 0) is 23.6 Å². The Bertz CT molecular complexity index is 544. The highest BCUT2D eigenvalue weighted by Gasteiger charge is 2.14. The number of amides is 1. The molecule has 0 radical (unpaired) electrons. The molecule has 6 heteroatoms. The number of nitrogen functional groups attached to an aromatic ring is 1. The van der Waals surface area contributed by atoms with Gasteiger partial charge in [-0.25, -0.2) is 0 Å². The monoisotopic (exact) mass is 245 g/mol. The van der Waals surface area contributed by atoms with Crippen molar-refractivity contribution in [1.82, 2.24) is 15.4 Å². The number of nitrogens with two attached hydrogens (primary N) is 1. The maximum atomic E-state index is 11.8. The lowest BCUT2D eigenvalue weighted by molar-refractivity contribution is 0.102. The van der Waals surface area contributed by atoms with E-state index in [0.717, 1.165) is 0 Å². The van der Waals surface area contributed by atoms with Crippen molar-refractivity contribution in [2.75, 3.05) is 11.1 Å². The fourth-order valence-corrected chi connectivity index (χ4v) is 1.55. The number of nitrogens with zero attached hydrogens (tertiary/aromatic N) is 2. The molecule has 1 aromatic carbocycles. The van der Waals surface area contributed by atoms with Crippen LogP contribution in [0, 0.1) is 0 Å². The zero-order chi connectivity index (χ0) is 13.1. The molecule has 0 aliphatic heterocycles. The summed E-state index contributed by atoms with van der Waals surface area (Å²) in [5.74, 6) is 0.172. The first kappa shape index (κ1) is 12.1. The van der Waals surface area contributed by atoms with Crippen molar-refractivity contribution in [3.63, 3.8) is 0 Å². The molecule has 0 atom stereocenters. The van der Waals surface area contributed by atoms with Gasteiger partial charge in [0.25, 0.3) is 5.91 Å². The van der Waals surface area contributed by atoms with Gasteiger partial charge < -0.3 is 11.1 Å². The lowest BCUT2D eigenvalue weighted by atomic mass is 10.0. The predicted octanol–water partition coefficient (Wildman–Crippen LogP) is 1.76. The molecule has 2 aromatic rings. The maximum absolute atomic E-state index is 11.8. The number of nitrogens with one attached hydrogen (secondary N) is 2. The smallest absolute Gasteiger partial charge is 0.280 e. The number of rotatable bonds is 3. The second-order valence-electron chi connectivity index (χ2n) is 4.29. The number of hydrogen-bond donors (Lipinski definition) is 3. The predicted molar refractivity (Wildman–Crippen MR) is 69.3 cm³/mol. The van der Waals surface area contributed by atoms with E-state index in [9.17, 15) is 4.79 Å². The molecule has 18 heavy (non-hydrogen) atoms. The molecule has 4 N–H and O–H groups in total. The van der Waals surface area contributed by atoms with Gasteiger partial charge in [0.05, 0.1) is 0 Å². The highest BCUT2D eigenvalue weighted by Crippen LogP contribution is 2.17. The van der Waals surface area contributed by atoms with Gasteiger partial charge in [-0.2, -0.15) is 5.21 Å². The average molecular weight is 245 g/mol. The number of carbonyl (C=O) groups excluding carboxylic acids is 1. The zero-order valence-corrected chi connectivity index (χ0v) is 10.3. The number of hydrogen-bond acceptors (Lipinski definition) is 4. The van der Waals surface area contributed by atoms with Crippen LogP contribution in [0.5, 0.6) is 0 Å². The largest absolute Gasteiger partial charge is 0.380 e. The Labute approximate surface area is 105 Å². The van der Waals surface area contributed by atoms with Crippen LogP contribution in [0.1, 0.15) is 35.8 Å². The molecule has 1 amide bonds. The number of benzene rings is 1. The van der Waals surface area contributed by atoms with Crippen molar-refractivity contribution in [3.05, 3.63) is 35.5 Å². The van der Waals surface area contributed by atoms with Gasteiger partial charge in [0.15, 0.2) is 11.5 Å². The SMILES string of the molecule is CC(C)c1ccc(NC(=O)c2n[nH]nc2N)cc1. The number of H-pyrrole nitrogens is 1. The minimum atomic E-state index is -0.376. The van der Waals surface area contributed by atoms with Crippen molar-refractivity contribution < 1.29 is 4.79 Å². The third kappa shape index (κ3) is 2.48. The minimum Gasteiger partial charge on any atom is -0.380 e. The van der Waals surface area contributed by atoms with E-state index in [1.54, 1.807) is 0 Å². The molecule has 1 aromatic heterocycles. The van der Waals surface area contributed by atoms with Crippen LogP contribution in [0.3, 0.4) is 0 Å². The normalized spacial score (nSPS) is 10.6. The molecule has 94 valence electrons. The van der Waals surface area contributed by atoms with Crippen LogP contribution in [0.25, 0.3) is 0 Å². The molecule has 0 fully saturated rings. The molecule has 0 saturated heterocycles. The summed E-state index contributed by atoms with van der Waals surface area (Å²) in [5, 5.41) is 12.3. The van der Waals surface area contributed by atoms with Crippen molar-refractivity contribution in [3.8, 4) is 0 Å². The fraction of sp³-hybridized carbons (Fsp3) is 0.250. The zero-order valence-electron chi connectivity index (χ0n) is 10.3. The van der Waals surface area contributed by atoms with E-state index in [0.29, 0.717) is 11.6 Å². The van der Waals surface area contributed by atoms with E-state index in [2.05, 4.69) is 34.6 Å². The molecule has 0 unspecified atom stereocenters. The standard InChI is InChI=1S/C12H15N5O/c1-7(2)8-3-5-9(6-4-8)14-12(18)10-11(13)16-17-15-10/h3-7H,1-2H3,(H,14,18)(H3,13,15,16,17). The van der Waals surface area contributed by atoms with Crippen LogP contribution in [0.4, 0.5) is 11.5 Å². The van der Waals surface area contributed by atoms with Gasteiger partial charge in [0, 0.05) is 5.69 Å². The summed E-state index contributed by atoms with van der Waals surface area (Å²) in [7, 11) is 0. The molecule has 6 nitrogen and oxygen atoms in total. The Balaban J connectivity index is 2.10. The summed E-state index contributed by atoms with van der Waals surface area (Å²) in [4.78, 5) is 11.8. The van der Waals surface area contributed by atoms with Crippen molar-refractivity contribution in [1.29, 1.82) is 0 Å². The summed E-state index contributed by atoms with van der Waals surface area (Å²) in [6.07, 6.45) is 0. The van der Waals surface area contributed by atoms with Crippen molar-refractivity contribution in [2.45, 2.75) is 19.8 Å². The lowest BCUT2D eigenvalue weighted by Crippen LogP contribution is -2.14. The van der Waals surface area contributed by atoms with Crippen LogP contribution < -0.4 is 11.1 Å². The van der Waals surface area contributed by atoms with Gasteiger partial charge in [-0.1, -0.05) is 26.0 Å². The molecule has 1 heterocycles. The summed E-state index contributed by atoms with van der Waals surface area (Å²) in [6.45, 7) is 4.23. The Morgan fingerprint density at radius 2 is 1.94 bits per heavy atom. The number of aromatic nitrogens is 3. The van der Waals surface area contributed by atoms with Gasteiger partial charge >= 0.3 is 0 Å². The Morgan fingerprint density at radius 3 is 2.44 bits per heavy atom. The van der Waals surface area contributed by atoms with E-state index in [-0.39, 0.29) is 17.4 Å². The molecular formula is C12H15N5O. The summed E-state index contributed by atoms with van der Waals surface area (Å²) in [5.41, 5.74) is 7.51.